The Morgan fingerprint density at radius 2 is 2.32 bits per heavy atom. The van der Waals surface area contributed by atoms with E-state index in [0.717, 1.165) is 35.5 Å². The van der Waals surface area contributed by atoms with Crippen LogP contribution in [-0.4, -0.2) is 20.4 Å². The minimum atomic E-state index is 0.575. The molecular formula is C14H14ClN3S. The van der Waals surface area contributed by atoms with Crippen LogP contribution in [0.2, 0.25) is 0 Å². The molecule has 19 heavy (non-hydrogen) atoms. The van der Waals surface area contributed by atoms with Crippen LogP contribution in [0.25, 0.3) is 11.2 Å². The van der Waals surface area contributed by atoms with Crippen molar-refractivity contribution in [3.63, 3.8) is 0 Å². The number of aryl methyl sites for hydroxylation is 2. The predicted octanol–water partition coefficient (Wildman–Crippen LogP) is 3.63. The number of pyridine rings is 1. The zero-order chi connectivity index (χ0) is 13.2. The highest BCUT2D eigenvalue weighted by Crippen LogP contribution is 2.19. The molecule has 0 aliphatic rings. The minimum absolute atomic E-state index is 0.575. The zero-order valence-electron chi connectivity index (χ0n) is 10.6. The highest BCUT2D eigenvalue weighted by Gasteiger charge is 2.12. The average molecular weight is 292 g/mol. The highest BCUT2D eigenvalue weighted by atomic mass is 35.5. The summed E-state index contributed by atoms with van der Waals surface area (Å²) in [7, 11) is 0. The van der Waals surface area contributed by atoms with Gasteiger partial charge in [-0.25, -0.2) is 9.97 Å². The quantitative estimate of drug-likeness (QED) is 0.687. The molecule has 0 saturated heterocycles. The van der Waals surface area contributed by atoms with Crippen LogP contribution >= 0.6 is 22.9 Å². The smallest absolute Gasteiger partial charge is 0.160 e. The van der Waals surface area contributed by atoms with Gasteiger partial charge in [-0.3, -0.25) is 0 Å². The number of imidazole rings is 1. The Bertz CT molecular complexity index is 688. The first-order valence-electron chi connectivity index (χ1n) is 6.16. The summed E-state index contributed by atoms with van der Waals surface area (Å²) in [6.45, 7) is 2.84. The lowest BCUT2D eigenvalue weighted by molar-refractivity contribution is 0.749. The third kappa shape index (κ3) is 2.51. The zero-order valence-corrected chi connectivity index (χ0v) is 12.2. The van der Waals surface area contributed by atoms with Crippen molar-refractivity contribution >= 4 is 34.1 Å². The Kier molecular flexibility index (Phi) is 3.53. The van der Waals surface area contributed by atoms with Crippen LogP contribution < -0.4 is 0 Å². The molecular weight excluding hydrogens is 278 g/mol. The van der Waals surface area contributed by atoms with Crippen molar-refractivity contribution in [2.45, 2.75) is 19.9 Å². The third-order valence-corrected chi connectivity index (χ3v) is 3.96. The molecule has 98 valence electrons. The topological polar surface area (TPSA) is 30.7 Å². The second-order valence-electron chi connectivity index (χ2n) is 4.54. The standard InChI is InChI=1S/C14H14ClN3S/c1-10-6-12-14(16-7-10)18(13(17-12)2-4-15)8-11-3-5-19-9-11/h3,5-7,9H,2,4,8H2,1H3. The molecule has 0 aromatic carbocycles. The Hall–Kier alpha value is -1.39. The lowest BCUT2D eigenvalue weighted by atomic mass is 10.3. The van der Waals surface area contributed by atoms with Crippen LogP contribution in [0.5, 0.6) is 0 Å². The number of hydrogen-bond acceptors (Lipinski definition) is 3. The number of hydrogen-bond donors (Lipinski definition) is 0. The van der Waals surface area contributed by atoms with Gasteiger partial charge in [0.1, 0.15) is 11.3 Å². The maximum atomic E-state index is 5.88. The van der Waals surface area contributed by atoms with Crippen LogP contribution in [0.3, 0.4) is 0 Å². The van der Waals surface area contributed by atoms with E-state index in [4.69, 9.17) is 11.6 Å². The lowest BCUT2D eigenvalue weighted by Gasteiger charge is -2.06. The highest BCUT2D eigenvalue weighted by molar-refractivity contribution is 7.07. The lowest BCUT2D eigenvalue weighted by Crippen LogP contribution is -2.06. The Labute approximate surface area is 120 Å². The number of fused-ring (bicyclic) bond motifs is 1. The summed E-state index contributed by atoms with van der Waals surface area (Å²) in [5.74, 6) is 1.58. The van der Waals surface area contributed by atoms with Crippen molar-refractivity contribution in [3.8, 4) is 0 Å². The molecule has 3 heterocycles. The molecule has 0 amide bonds. The monoisotopic (exact) mass is 291 g/mol. The molecule has 0 radical (unpaired) electrons. The predicted molar refractivity (Wildman–Crippen MR) is 80.1 cm³/mol. The Balaban J connectivity index is 2.10. The van der Waals surface area contributed by atoms with Gasteiger partial charge in [-0.15, -0.1) is 11.6 Å². The molecule has 0 unspecified atom stereocenters. The van der Waals surface area contributed by atoms with Gasteiger partial charge >= 0.3 is 0 Å². The SMILES string of the molecule is Cc1cnc2c(c1)nc(CCCl)n2Cc1ccsc1. The average Bonchev–Trinajstić information content (AvgIpc) is 2.99. The first-order chi connectivity index (χ1) is 9.28. The number of aromatic nitrogens is 3. The van der Waals surface area contributed by atoms with Gasteiger partial charge in [0.15, 0.2) is 5.65 Å². The summed E-state index contributed by atoms with van der Waals surface area (Å²) in [6.07, 6.45) is 2.65. The number of halogens is 1. The van der Waals surface area contributed by atoms with E-state index in [9.17, 15) is 0 Å². The van der Waals surface area contributed by atoms with E-state index in [1.165, 1.54) is 5.56 Å². The molecule has 0 saturated carbocycles. The third-order valence-electron chi connectivity index (χ3n) is 3.04. The summed E-state index contributed by atoms with van der Waals surface area (Å²) < 4.78 is 2.17. The van der Waals surface area contributed by atoms with Crippen molar-refractivity contribution in [3.05, 3.63) is 46.0 Å². The summed E-state index contributed by atoms with van der Waals surface area (Å²) in [6, 6.07) is 4.21. The van der Waals surface area contributed by atoms with Gasteiger partial charge in [0, 0.05) is 18.5 Å². The van der Waals surface area contributed by atoms with E-state index in [2.05, 4.69) is 37.4 Å². The number of rotatable bonds is 4. The van der Waals surface area contributed by atoms with E-state index < -0.39 is 0 Å². The van der Waals surface area contributed by atoms with E-state index >= 15 is 0 Å². The molecule has 3 rings (SSSR count). The van der Waals surface area contributed by atoms with Crippen LogP contribution in [0, 0.1) is 6.92 Å². The number of alkyl halides is 1. The maximum Gasteiger partial charge on any atom is 0.160 e. The molecule has 3 aromatic rings. The van der Waals surface area contributed by atoms with E-state index in [1.807, 2.05) is 13.1 Å². The Morgan fingerprint density at radius 3 is 3.05 bits per heavy atom. The summed E-state index contributed by atoms with van der Waals surface area (Å²) in [4.78, 5) is 9.19. The van der Waals surface area contributed by atoms with Crippen molar-refractivity contribution in [1.82, 2.24) is 14.5 Å². The molecule has 0 aliphatic heterocycles. The fraction of sp³-hybridized carbons (Fsp3) is 0.286. The maximum absolute atomic E-state index is 5.88. The first-order valence-corrected chi connectivity index (χ1v) is 7.64. The first kappa shape index (κ1) is 12.6. The van der Waals surface area contributed by atoms with Gasteiger partial charge < -0.3 is 4.57 Å². The molecule has 5 heteroatoms. The summed E-state index contributed by atoms with van der Waals surface area (Å²) in [5.41, 5.74) is 4.31. The van der Waals surface area contributed by atoms with Crippen LogP contribution in [0.1, 0.15) is 17.0 Å². The molecule has 3 aromatic heterocycles. The largest absolute Gasteiger partial charge is 0.308 e. The van der Waals surface area contributed by atoms with Crippen molar-refractivity contribution in [2.75, 3.05) is 5.88 Å². The van der Waals surface area contributed by atoms with Gasteiger partial charge in [0.05, 0.1) is 6.54 Å². The summed E-state index contributed by atoms with van der Waals surface area (Å²) in [5, 5.41) is 4.25. The molecule has 0 spiro atoms. The van der Waals surface area contributed by atoms with Gasteiger partial charge in [0.25, 0.3) is 0 Å². The molecule has 0 atom stereocenters. The van der Waals surface area contributed by atoms with E-state index in [1.54, 1.807) is 11.3 Å². The molecule has 3 nitrogen and oxygen atoms in total. The van der Waals surface area contributed by atoms with Crippen molar-refractivity contribution in [2.24, 2.45) is 0 Å². The second-order valence-corrected chi connectivity index (χ2v) is 5.70. The number of thiophene rings is 1. The Morgan fingerprint density at radius 1 is 1.42 bits per heavy atom. The normalized spacial score (nSPS) is 11.3. The van der Waals surface area contributed by atoms with Crippen LogP contribution in [-0.2, 0) is 13.0 Å². The fourth-order valence-corrected chi connectivity index (χ4v) is 2.99. The molecule has 0 fully saturated rings. The van der Waals surface area contributed by atoms with Crippen LogP contribution in [0.4, 0.5) is 0 Å². The van der Waals surface area contributed by atoms with Gasteiger partial charge in [-0.05, 0) is 40.9 Å². The van der Waals surface area contributed by atoms with E-state index in [-0.39, 0.29) is 0 Å². The minimum Gasteiger partial charge on any atom is -0.308 e. The molecule has 0 aliphatic carbocycles. The second kappa shape index (κ2) is 5.31. The van der Waals surface area contributed by atoms with E-state index in [0.29, 0.717) is 5.88 Å². The van der Waals surface area contributed by atoms with Gasteiger partial charge in [0.2, 0.25) is 0 Å². The molecule has 0 bridgehead atoms. The van der Waals surface area contributed by atoms with Crippen LogP contribution in [0.15, 0.2) is 29.1 Å². The van der Waals surface area contributed by atoms with Crippen molar-refractivity contribution in [1.29, 1.82) is 0 Å². The van der Waals surface area contributed by atoms with Crippen molar-refractivity contribution < 1.29 is 0 Å². The molecule has 0 N–H and O–H groups in total. The number of nitrogens with zero attached hydrogens (tertiary/aromatic N) is 3. The van der Waals surface area contributed by atoms with Gasteiger partial charge in [-0.1, -0.05) is 0 Å². The fourth-order valence-electron chi connectivity index (χ4n) is 2.17. The summed E-state index contributed by atoms with van der Waals surface area (Å²) >= 11 is 7.59. The van der Waals surface area contributed by atoms with Gasteiger partial charge in [-0.2, -0.15) is 11.3 Å².